The van der Waals surface area contributed by atoms with Crippen LogP contribution < -0.4 is 10.2 Å². The minimum Gasteiger partial charge on any atom is -0.320 e. The fourth-order valence-electron chi connectivity index (χ4n) is 3.17. The number of halogens is 1. The molecule has 3 aromatic rings. The van der Waals surface area contributed by atoms with Crippen LogP contribution in [0.2, 0.25) is 5.02 Å². The molecule has 0 unspecified atom stereocenters. The van der Waals surface area contributed by atoms with Gasteiger partial charge in [0.15, 0.2) is 5.69 Å². The third-order valence-corrected chi connectivity index (χ3v) is 4.76. The minimum atomic E-state index is -0.365. The average Bonchev–Trinajstić information content (AvgIpc) is 3.27. The zero-order valence-corrected chi connectivity index (χ0v) is 16.0. The van der Waals surface area contributed by atoms with Gasteiger partial charge in [0.1, 0.15) is 0 Å². The summed E-state index contributed by atoms with van der Waals surface area (Å²) in [6.07, 6.45) is 1.41. The highest BCUT2D eigenvalue weighted by molar-refractivity contribution is 6.30. The summed E-state index contributed by atoms with van der Waals surface area (Å²) in [5.41, 5.74) is 2.77. The molecule has 2 aromatic carbocycles. The highest BCUT2D eigenvalue weighted by Gasteiger charge is 2.22. The summed E-state index contributed by atoms with van der Waals surface area (Å²) in [7, 11) is 0. The Hall–Kier alpha value is -3.19. The van der Waals surface area contributed by atoms with Crippen LogP contribution in [0, 0.1) is 6.92 Å². The van der Waals surface area contributed by atoms with Crippen LogP contribution >= 0.6 is 11.6 Å². The molecular formula is C20H18ClN5O2. The molecule has 1 N–H and O–H groups in total. The van der Waals surface area contributed by atoms with E-state index in [1.54, 1.807) is 42.2 Å². The largest absolute Gasteiger partial charge is 0.320 e. The molecule has 28 heavy (non-hydrogen) atoms. The maximum atomic E-state index is 12.7. The molecule has 7 nitrogen and oxygen atoms in total. The van der Waals surface area contributed by atoms with Crippen LogP contribution in [0.5, 0.6) is 0 Å². The number of benzene rings is 2. The molecular weight excluding hydrogens is 378 g/mol. The summed E-state index contributed by atoms with van der Waals surface area (Å²) in [6, 6.07) is 14.3. The lowest BCUT2D eigenvalue weighted by molar-refractivity contribution is -0.117. The summed E-state index contributed by atoms with van der Waals surface area (Å²) in [4.78, 5) is 27.8. The lowest BCUT2D eigenvalue weighted by atomic mass is 10.2. The van der Waals surface area contributed by atoms with Gasteiger partial charge < -0.3 is 10.2 Å². The number of carbonyl (C=O) groups excluding carboxylic acids is 2. The van der Waals surface area contributed by atoms with E-state index in [1.807, 2.05) is 18.2 Å². The van der Waals surface area contributed by atoms with Crippen LogP contribution in [0.3, 0.4) is 0 Å². The number of amides is 2. The van der Waals surface area contributed by atoms with Crippen molar-refractivity contribution in [1.82, 2.24) is 15.0 Å². The quantitative estimate of drug-likeness (QED) is 0.731. The van der Waals surface area contributed by atoms with Crippen LogP contribution in [-0.2, 0) is 4.79 Å². The Morgan fingerprint density at radius 3 is 2.64 bits per heavy atom. The van der Waals surface area contributed by atoms with Gasteiger partial charge in [-0.05, 0) is 49.7 Å². The fourth-order valence-corrected chi connectivity index (χ4v) is 3.35. The number of carbonyl (C=O) groups is 2. The van der Waals surface area contributed by atoms with Crippen molar-refractivity contribution in [1.29, 1.82) is 0 Å². The van der Waals surface area contributed by atoms with E-state index in [0.717, 1.165) is 12.1 Å². The van der Waals surface area contributed by atoms with E-state index in [2.05, 4.69) is 15.5 Å². The third kappa shape index (κ3) is 3.61. The van der Waals surface area contributed by atoms with E-state index in [-0.39, 0.29) is 17.5 Å². The molecule has 0 aliphatic carbocycles. The Bertz CT molecular complexity index is 1060. The second kappa shape index (κ2) is 7.44. The Morgan fingerprint density at radius 2 is 1.89 bits per heavy atom. The molecule has 8 heteroatoms. The van der Waals surface area contributed by atoms with E-state index < -0.39 is 0 Å². The number of nitrogens with zero attached hydrogens (tertiary/aromatic N) is 4. The van der Waals surface area contributed by atoms with Gasteiger partial charge in [0, 0.05) is 29.4 Å². The molecule has 0 saturated carbocycles. The zero-order valence-electron chi connectivity index (χ0n) is 15.2. The van der Waals surface area contributed by atoms with Gasteiger partial charge in [0.2, 0.25) is 5.91 Å². The molecule has 1 saturated heterocycles. The first-order valence-electron chi connectivity index (χ1n) is 8.93. The van der Waals surface area contributed by atoms with Crippen molar-refractivity contribution >= 4 is 34.8 Å². The number of hydrogen-bond donors (Lipinski definition) is 1. The van der Waals surface area contributed by atoms with E-state index in [9.17, 15) is 9.59 Å². The SMILES string of the molecule is Cc1nn(-c2cccc(Cl)c2)nc1C(=O)Nc1cccc(N2CCCC2=O)c1. The summed E-state index contributed by atoms with van der Waals surface area (Å²) >= 11 is 6.01. The molecule has 0 spiro atoms. The zero-order chi connectivity index (χ0) is 19.7. The van der Waals surface area contributed by atoms with E-state index in [1.165, 1.54) is 4.80 Å². The number of aromatic nitrogens is 3. The molecule has 1 fully saturated rings. The Kier molecular flexibility index (Phi) is 4.83. The maximum absolute atomic E-state index is 12.7. The second-order valence-electron chi connectivity index (χ2n) is 6.56. The van der Waals surface area contributed by atoms with Gasteiger partial charge in [-0.15, -0.1) is 5.10 Å². The van der Waals surface area contributed by atoms with Crippen molar-refractivity contribution in [3.05, 3.63) is 64.9 Å². The standard InChI is InChI=1S/C20H18ClN5O2/c1-13-19(24-26(23-13)17-8-2-5-14(21)11-17)20(28)22-15-6-3-7-16(12-15)25-10-4-9-18(25)27/h2-3,5-8,11-12H,4,9-10H2,1H3,(H,22,28). The Morgan fingerprint density at radius 1 is 1.11 bits per heavy atom. The third-order valence-electron chi connectivity index (χ3n) is 4.53. The second-order valence-corrected chi connectivity index (χ2v) is 6.99. The molecule has 142 valence electrons. The first-order chi connectivity index (χ1) is 13.5. The topological polar surface area (TPSA) is 80.1 Å². The predicted octanol–water partition coefficient (Wildman–Crippen LogP) is 3.61. The van der Waals surface area contributed by atoms with Crippen LogP contribution in [0.25, 0.3) is 5.69 Å². The van der Waals surface area contributed by atoms with Gasteiger partial charge in [0.05, 0.1) is 11.4 Å². The van der Waals surface area contributed by atoms with Crippen molar-refractivity contribution in [2.45, 2.75) is 19.8 Å². The molecule has 4 rings (SSSR count). The van der Waals surface area contributed by atoms with Crippen molar-refractivity contribution in [2.75, 3.05) is 16.8 Å². The fraction of sp³-hybridized carbons (Fsp3) is 0.200. The number of aryl methyl sites for hydroxylation is 1. The minimum absolute atomic E-state index is 0.101. The van der Waals surface area contributed by atoms with Crippen LogP contribution in [0.15, 0.2) is 48.5 Å². The molecule has 1 aliphatic heterocycles. The molecule has 0 bridgehead atoms. The summed E-state index contributed by atoms with van der Waals surface area (Å²) in [5.74, 6) is -0.264. The molecule has 0 atom stereocenters. The molecule has 1 aromatic heterocycles. The Labute approximate surface area is 166 Å². The highest BCUT2D eigenvalue weighted by Crippen LogP contribution is 2.24. The predicted molar refractivity (Wildman–Crippen MR) is 107 cm³/mol. The van der Waals surface area contributed by atoms with Crippen LogP contribution in [0.1, 0.15) is 29.0 Å². The Balaban J connectivity index is 1.55. The lowest BCUT2D eigenvalue weighted by Gasteiger charge is -2.16. The van der Waals surface area contributed by atoms with E-state index >= 15 is 0 Å². The van der Waals surface area contributed by atoms with Gasteiger partial charge in [0.25, 0.3) is 5.91 Å². The van der Waals surface area contributed by atoms with E-state index in [4.69, 9.17) is 11.6 Å². The smallest absolute Gasteiger partial charge is 0.278 e. The van der Waals surface area contributed by atoms with Crippen molar-refractivity contribution < 1.29 is 9.59 Å². The van der Waals surface area contributed by atoms with Gasteiger partial charge in [-0.2, -0.15) is 9.90 Å². The summed E-state index contributed by atoms with van der Waals surface area (Å²) in [6.45, 7) is 2.42. The summed E-state index contributed by atoms with van der Waals surface area (Å²) < 4.78 is 0. The molecule has 2 amide bonds. The normalized spacial score (nSPS) is 13.8. The van der Waals surface area contributed by atoms with Gasteiger partial charge in [-0.1, -0.05) is 23.7 Å². The lowest BCUT2D eigenvalue weighted by Crippen LogP contribution is -2.23. The van der Waals surface area contributed by atoms with Crippen molar-refractivity contribution in [3.8, 4) is 5.69 Å². The number of anilines is 2. The van der Waals surface area contributed by atoms with Crippen LogP contribution in [-0.4, -0.2) is 33.4 Å². The molecule has 0 radical (unpaired) electrons. The van der Waals surface area contributed by atoms with Crippen molar-refractivity contribution in [2.24, 2.45) is 0 Å². The van der Waals surface area contributed by atoms with E-state index in [0.29, 0.717) is 35.1 Å². The average molecular weight is 396 g/mol. The highest BCUT2D eigenvalue weighted by atomic mass is 35.5. The number of rotatable bonds is 4. The maximum Gasteiger partial charge on any atom is 0.278 e. The van der Waals surface area contributed by atoms with Gasteiger partial charge >= 0.3 is 0 Å². The number of hydrogen-bond acceptors (Lipinski definition) is 4. The first kappa shape index (κ1) is 18.2. The number of nitrogens with one attached hydrogen (secondary N) is 1. The summed E-state index contributed by atoms with van der Waals surface area (Å²) in [5, 5.41) is 12.0. The van der Waals surface area contributed by atoms with Gasteiger partial charge in [-0.3, -0.25) is 9.59 Å². The first-order valence-corrected chi connectivity index (χ1v) is 9.31. The van der Waals surface area contributed by atoms with Gasteiger partial charge in [-0.25, -0.2) is 0 Å². The molecule has 2 heterocycles. The van der Waals surface area contributed by atoms with Crippen molar-refractivity contribution in [3.63, 3.8) is 0 Å². The molecule has 1 aliphatic rings. The van der Waals surface area contributed by atoms with Crippen LogP contribution in [0.4, 0.5) is 11.4 Å². The monoisotopic (exact) mass is 395 g/mol.